The van der Waals surface area contributed by atoms with Crippen molar-refractivity contribution in [2.45, 2.75) is 0 Å². The van der Waals surface area contributed by atoms with Crippen molar-refractivity contribution >= 4 is 61.2 Å². The largest absolute Gasteiger partial charge is 0.324 e. The van der Waals surface area contributed by atoms with Crippen LogP contribution in [0.4, 0.5) is 23.0 Å². The van der Waals surface area contributed by atoms with E-state index in [0.29, 0.717) is 28.2 Å². The summed E-state index contributed by atoms with van der Waals surface area (Å²) < 4.78 is 17.6. The first-order chi connectivity index (χ1) is 15.7. The van der Waals surface area contributed by atoms with Crippen LogP contribution < -0.4 is 10.6 Å². The minimum absolute atomic E-state index is 0.295. The van der Waals surface area contributed by atoms with Gasteiger partial charge in [-0.05, 0) is 48.5 Å². The zero-order chi connectivity index (χ0) is 23.6. The van der Waals surface area contributed by atoms with E-state index in [1.54, 1.807) is 59.8 Å². The summed E-state index contributed by atoms with van der Waals surface area (Å²) in [7, 11) is -2.23. The maximum atomic E-state index is 11.8. The predicted molar refractivity (Wildman–Crippen MR) is 132 cm³/mol. The number of carbonyl (C=O) groups excluding carboxylic acids is 1. The van der Waals surface area contributed by atoms with Gasteiger partial charge in [-0.1, -0.05) is 18.2 Å². The van der Waals surface area contributed by atoms with Crippen LogP contribution >= 0.6 is 11.6 Å². The Morgan fingerprint density at radius 3 is 2.58 bits per heavy atom. The molecule has 33 heavy (non-hydrogen) atoms. The van der Waals surface area contributed by atoms with Gasteiger partial charge in [0.25, 0.3) is 0 Å². The average Bonchev–Trinajstić information content (AvgIpc) is 3.18. The topological polar surface area (TPSA) is 114 Å². The molecule has 0 atom stereocenters. The lowest BCUT2D eigenvalue weighted by molar-refractivity contribution is -0.111. The molecule has 0 aliphatic rings. The van der Waals surface area contributed by atoms with E-state index in [4.69, 9.17) is 11.6 Å². The molecular weight excluding hydrogens is 462 g/mol. The smallest absolute Gasteiger partial charge is 0.247 e. The highest BCUT2D eigenvalue weighted by Gasteiger charge is 2.13. The number of anilines is 3. The SMILES string of the molecule is C=CC(=O)Nc1ccc2c(cnn2-c2nc(Nc3ccc(N=S(C)(C)=O)cc3)ncc2Cl)c1. The third-order valence-electron chi connectivity index (χ3n) is 4.40. The van der Waals surface area contributed by atoms with Crippen LogP contribution in [-0.4, -0.2) is 42.4 Å². The van der Waals surface area contributed by atoms with E-state index >= 15 is 0 Å². The first-order valence-electron chi connectivity index (χ1n) is 9.70. The van der Waals surface area contributed by atoms with E-state index in [1.165, 1.54) is 12.3 Å². The van der Waals surface area contributed by atoms with Crippen molar-refractivity contribution in [2.24, 2.45) is 4.36 Å². The number of amides is 1. The van der Waals surface area contributed by atoms with E-state index in [-0.39, 0.29) is 5.91 Å². The van der Waals surface area contributed by atoms with E-state index in [0.717, 1.165) is 16.6 Å². The lowest BCUT2D eigenvalue weighted by Crippen LogP contribution is -2.07. The van der Waals surface area contributed by atoms with Gasteiger partial charge in [-0.15, -0.1) is 0 Å². The summed E-state index contributed by atoms with van der Waals surface area (Å²) in [5.41, 5.74) is 2.74. The van der Waals surface area contributed by atoms with Crippen LogP contribution in [0.25, 0.3) is 16.7 Å². The Hall–Kier alpha value is -3.76. The standard InChI is InChI=1S/C22H20ClN7O2S/c1-4-20(31)26-17-9-10-19-14(11-17)12-25-30(19)21-18(23)13-24-22(28-21)27-15-5-7-16(8-6-15)29-33(2,3)32/h4-13H,1H2,2-3H3,(H,26,31)(H,24,27,28). The molecule has 0 saturated heterocycles. The Labute approximate surface area is 195 Å². The van der Waals surface area contributed by atoms with Crippen molar-refractivity contribution < 1.29 is 9.00 Å². The van der Waals surface area contributed by atoms with Crippen LogP contribution in [0.2, 0.25) is 5.02 Å². The van der Waals surface area contributed by atoms with Crippen molar-refractivity contribution in [3.8, 4) is 5.82 Å². The maximum Gasteiger partial charge on any atom is 0.247 e. The first-order valence-corrected chi connectivity index (χ1v) is 12.4. The highest BCUT2D eigenvalue weighted by molar-refractivity contribution is 7.92. The summed E-state index contributed by atoms with van der Waals surface area (Å²) in [5.74, 6) is 0.429. The van der Waals surface area contributed by atoms with E-state index in [2.05, 4.69) is 36.6 Å². The number of halogens is 1. The van der Waals surface area contributed by atoms with Gasteiger partial charge in [-0.2, -0.15) is 14.4 Å². The number of hydrogen-bond donors (Lipinski definition) is 2. The number of aromatic nitrogens is 4. The monoisotopic (exact) mass is 481 g/mol. The molecule has 0 saturated carbocycles. The Kier molecular flexibility index (Phi) is 6.12. The fourth-order valence-corrected chi connectivity index (χ4v) is 3.83. The van der Waals surface area contributed by atoms with Gasteiger partial charge in [0.05, 0.1) is 23.6 Å². The number of hydrogen-bond acceptors (Lipinski definition) is 7. The van der Waals surface area contributed by atoms with Gasteiger partial charge in [-0.3, -0.25) is 4.79 Å². The molecule has 168 valence electrons. The van der Waals surface area contributed by atoms with Crippen molar-refractivity contribution in [3.63, 3.8) is 0 Å². The molecule has 0 aliphatic carbocycles. The fraction of sp³-hybridized carbons (Fsp3) is 0.0909. The molecule has 9 nitrogen and oxygen atoms in total. The average molecular weight is 482 g/mol. The summed E-state index contributed by atoms with van der Waals surface area (Å²) in [5, 5.41) is 11.4. The number of rotatable bonds is 6. The molecular formula is C22H20ClN7O2S. The fourth-order valence-electron chi connectivity index (χ4n) is 3.03. The molecule has 0 unspecified atom stereocenters. The highest BCUT2D eigenvalue weighted by atomic mass is 35.5. The van der Waals surface area contributed by atoms with Gasteiger partial charge in [0.15, 0.2) is 5.82 Å². The molecule has 1 amide bonds. The number of fused-ring (bicyclic) bond motifs is 1. The molecule has 11 heteroatoms. The summed E-state index contributed by atoms with van der Waals surface area (Å²) in [4.78, 5) is 20.3. The molecule has 0 radical (unpaired) electrons. The van der Waals surface area contributed by atoms with Gasteiger partial charge >= 0.3 is 0 Å². The van der Waals surface area contributed by atoms with Crippen molar-refractivity contribution in [1.82, 2.24) is 19.7 Å². The van der Waals surface area contributed by atoms with Crippen LogP contribution in [-0.2, 0) is 14.5 Å². The van der Waals surface area contributed by atoms with Crippen molar-refractivity contribution in [3.05, 3.63) is 72.5 Å². The van der Waals surface area contributed by atoms with Gasteiger partial charge in [0.2, 0.25) is 11.9 Å². The number of carbonyl (C=O) groups is 1. The minimum Gasteiger partial charge on any atom is -0.324 e. The Morgan fingerprint density at radius 2 is 1.88 bits per heavy atom. The number of benzene rings is 2. The second-order valence-corrected chi connectivity index (χ2v) is 10.3. The zero-order valence-electron chi connectivity index (χ0n) is 17.8. The van der Waals surface area contributed by atoms with E-state index < -0.39 is 9.73 Å². The molecule has 2 N–H and O–H groups in total. The van der Waals surface area contributed by atoms with E-state index in [9.17, 15) is 9.00 Å². The van der Waals surface area contributed by atoms with Gasteiger partial charge in [0.1, 0.15) is 5.02 Å². The molecule has 4 rings (SSSR count). The van der Waals surface area contributed by atoms with Crippen LogP contribution in [0.1, 0.15) is 0 Å². The number of nitrogens with one attached hydrogen (secondary N) is 2. The molecule has 2 heterocycles. The van der Waals surface area contributed by atoms with E-state index in [1.807, 2.05) is 6.07 Å². The quantitative estimate of drug-likeness (QED) is 0.386. The van der Waals surface area contributed by atoms with Crippen LogP contribution in [0, 0.1) is 0 Å². The Balaban J connectivity index is 1.62. The minimum atomic E-state index is -2.23. The molecule has 2 aromatic carbocycles. The maximum absolute atomic E-state index is 11.8. The van der Waals surface area contributed by atoms with Crippen LogP contribution in [0.15, 0.2) is 71.9 Å². The summed E-state index contributed by atoms with van der Waals surface area (Å²) in [6, 6.07) is 12.5. The normalized spacial score (nSPS) is 11.2. The summed E-state index contributed by atoms with van der Waals surface area (Å²) >= 11 is 6.37. The molecule has 4 aromatic rings. The lowest BCUT2D eigenvalue weighted by atomic mass is 10.2. The molecule has 0 bridgehead atoms. The second kappa shape index (κ2) is 9.00. The molecule has 2 aromatic heterocycles. The Morgan fingerprint density at radius 1 is 1.15 bits per heavy atom. The summed E-state index contributed by atoms with van der Waals surface area (Å²) in [6.45, 7) is 3.45. The third kappa shape index (κ3) is 5.36. The first kappa shape index (κ1) is 22.4. The van der Waals surface area contributed by atoms with Gasteiger partial charge in [0, 0.05) is 39.0 Å². The summed E-state index contributed by atoms with van der Waals surface area (Å²) in [6.07, 6.45) is 7.52. The molecule has 0 spiro atoms. The highest BCUT2D eigenvalue weighted by Crippen LogP contribution is 2.26. The Bertz CT molecular complexity index is 1480. The van der Waals surface area contributed by atoms with Gasteiger partial charge < -0.3 is 10.6 Å². The number of nitrogens with zero attached hydrogens (tertiary/aromatic N) is 5. The van der Waals surface area contributed by atoms with Crippen LogP contribution in [0.5, 0.6) is 0 Å². The van der Waals surface area contributed by atoms with Crippen molar-refractivity contribution in [2.75, 3.05) is 23.1 Å². The second-order valence-electron chi connectivity index (χ2n) is 7.33. The zero-order valence-corrected chi connectivity index (χ0v) is 19.4. The van der Waals surface area contributed by atoms with Gasteiger partial charge in [-0.25, -0.2) is 13.9 Å². The lowest BCUT2D eigenvalue weighted by Gasteiger charge is -2.09. The van der Waals surface area contributed by atoms with Crippen LogP contribution in [0.3, 0.4) is 0 Å². The predicted octanol–water partition coefficient (Wildman–Crippen LogP) is 4.70. The molecule has 0 aliphatic heterocycles. The third-order valence-corrected chi connectivity index (χ3v) is 5.31. The molecule has 0 fully saturated rings. The van der Waals surface area contributed by atoms with Crippen molar-refractivity contribution in [1.29, 1.82) is 0 Å².